The predicted octanol–water partition coefficient (Wildman–Crippen LogP) is 2.99. The van der Waals surface area contributed by atoms with E-state index in [0.717, 1.165) is 17.9 Å². The monoisotopic (exact) mass is 235 g/mol. The van der Waals surface area contributed by atoms with Crippen LogP contribution in [0.25, 0.3) is 0 Å². The number of hydrogen-bond acceptors (Lipinski definition) is 2. The number of halogens is 1. The van der Waals surface area contributed by atoms with Gasteiger partial charge in [0.2, 0.25) is 0 Å². The van der Waals surface area contributed by atoms with Crippen LogP contribution >= 0.6 is 11.6 Å². The van der Waals surface area contributed by atoms with Crippen molar-refractivity contribution in [2.75, 3.05) is 5.32 Å². The molecule has 0 bridgehead atoms. The molecule has 0 amide bonds. The molecule has 0 saturated carbocycles. The second-order valence-electron chi connectivity index (χ2n) is 3.81. The summed E-state index contributed by atoms with van der Waals surface area (Å²) in [6.07, 6.45) is 4.12. The first kappa shape index (κ1) is 11.0. The summed E-state index contributed by atoms with van der Waals surface area (Å²) in [6, 6.07) is 5.83. The van der Waals surface area contributed by atoms with E-state index in [0.29, 0.717) is 5.15 Å². The number of hydrogen-bond donors (Lipinski definition) is 1. The predicted molar refractivity (Wildman–Crippen MR) is 66.7 cm³/mol. The zero-order chi connectivity index (χ0) is 11.5. The normalized spacial score (nSPS) is 10.4. The fourth-order valence-corrected chi connectivity index (χ4v) is 1.77. The number of aromatic nitrogens is 2. The first-order chi connectivity index (χ1) is 7.65. The smallest absolute Gasteiger partial charge is 0.129 e. The lowest BCUT2D eigenvalue weighted by molar-refractivity contribution is 0.920. The Hall–Kier alpha value is -1.48. The minimum Gasteiger partial charge on any atom is -0.379 e. The van der Waals surface area contributed by atoms with Gasteiger partial charge in [-0.3, -0.25) is 0 Å². The third kappa shape index (κ3) is 2.55. The maximum atomic E-state index is 5.80. The number of nitrogens with zero attached hydrogens (tertiary/aromatic N) is 2. The molecule has 16 heavy (non-hydrogen) atoms. The highest BCUT2D eigenvalue weighted by atomic mass is 35.5. The molecule has 84 valence electrons. The molecule has 4 heteroatoms. The molecule has 0 aromatic carbocycles. The van der Waals surface area contributed by atoms with Gasteiger partial charge >= 0.3 is 0 Å². The summed E-state index contributed by atoms with van der Waals surface area (Å²) in [7, 11) is 2.01. The van der Waals surface area contributed by atoms with Crippen molar-refractivity contribution in [3.63, 3.8) is 0 Å². The lowest BCUT2D eigenvalue weighted by Gasteiger charge is -2.07. The highest BCUT2D eigenvalue weighted by molar-refractivity contribution is 6.29. The molecule has 2 aromatic rings. The summed E-state index contributed by atoms with van der Waals surface area (Å²) in [4.78, 5) is 4.19. The number of nitrogens with one attached hydrogen (secondary N) is 1. The van der Waals surface area contributed by atoms with Gasteiger partial charge in [0.05, 0.1) is 11.4 Å². The van der Waals surface area contributed by atoms with E-state index in [9.17, 15) is 0 Å². The number of pyridine rings is 1. The van der Waals surface area contributed by atoms with E-state index in [1.54, 1.807) is 6.07 Å². The van der Waals surface area contributed by atoms with Crippen molar-refractivity contribution in [2.45, 2.75) is 13.5 Å². The first-order valence-corrected chi connectivity index (χ1v) is 5.51. The Labute approximate surface area is 100 Å². The second kappa shape index (κ2) is 4.58. The van der Waals surface area contributed by atoms with Crippen molar-refractivity contribution in [3.8, 4) is 0 Å². The van der Waals surface area contributed by atoms with E-state index in [4.69, 9.17) is 11.6 Å². The van der Waals surface area contributed by atoms with Crippen LogP contribution in [0.4, 0.5) is 5.69 Å². The van der Waals surface area contributed by atoms with Gasteiger partial charge in [0, 0.05) is 26.0 Å². The summed E-state index contributed by atoms with van der Waals surface area (Å²) in [6.45, 7) is 2.74. The van der Waals surface area contributed by atoms with Gasteiger partial charge in [0.25, 0.3) is 0 Å². The molecule has 0 aliphatic heterocycles. The van der Waals surface area contributed by atoms with Gasteiger partial charge in [-0.05, 0) is 30.7 Å². The number of aryl methyl sites for hydroxylation is 2. The Morgan fingerprint density at radius 1 is 1.38 bits per heavy atom. The van der Waals surface area contributed by atoms with Crippen LogP contribution in [0.5, 0.6) is 0 Å². The summed E-state index contributed by atoms with van der Waals surface area (Å²) < 4.78 is 2.03. The van der Waals surface area contributed by atoms with E-state index < -0.39 is 0 Å². The van der Waals surface area contributed by atoms with E-state index in [1.807, 2.05) is 30.8 Å². The topological polar surface area (TPSA) is 29.9 Å². The Morgan fingerprint density at radius 2 is 2.19 bits per heavy atom. The lowest BCUT2D eigenvalue weighted by Crippen LogP contribution is -2.01. The molecule has 3 nitrogen and oxygen atoms in total. The molecule has 2 heterocycles. The van der Waals surface area contributed by atoms with Crippen LogP contribution in [-0.2, 0) is 13.6 Å². The third-order valence-electron chi connectivity index (χ3n) is 2.43. The van der Waals surface area contributed by atoms with Crippen molar-refractivity contribution in [2.24, 2.45) is 7.05 Å². The van der Waals surface area contributed by atoms with Crippen LogP contribution in [-0.4, -0.2) is 9.55 Å². The fourth-order valence-electron chi connectivity index (χ4n) is 1.58. The zero-order valence-corrected chi connectivity index (χ0v) is 10.1. The van der Waals surface area contributed by atoms with Crippen LogP contribution < -0.4 is 5.32 Å². The lowest BCUT2D eigenvalue weighted by atomic mass is 10.3. The summed E-state index contributed by atoms with van der Waals surface area (Å²) >= 11 is 5.80. The van der Waals surface area contributed by atoms with Gasteiger partial charge in [0.15, 0.2) is 0 Å². The second-order valence-corrected chi connectivity index (χ2v) is 4.19. The van der Waals surface area contributed by atoms with Crippen LogP contribution in [0.15, 0.2) is 30.6 Å². The molecule has 0 atom stereocenters. The minimum atomic E-state index is 0.530. The van der Waals surface area contributed by atoms with Crippen LogP contribution in [0.3, 0.4) is 0 Å². The van der Waals surface area contributed by atoms with Crippen LogP contribution in [0, 0.1) is 6.92 Å². The zero-order valence-electron chi connectivity index (χ0n) is 9.37. The van der Waals surface area contributed by atoms with Crippen LogP contribution in [0.1, 0.15) is 11.3 Å². The minimum absolute atomic E-state index is 0.530. The maximum Gasteiger partial charge on any atom is 0.129 e. The molecular formula is C12H14ClN3. The van der Waals surface area contributed by atoms with Crippen molar-refractivity contribution in [3.05, 3.63) is 47.0 Å². The van der Waals surface area contributed by atoms with Gasteiger partial charge in [-0.2, -0.15) is 0 Å². The van der Waals surface area contributed by atoms with E-state index in [-0.39, 0.29) is 0 Å². The molecule has 0 radical (unpaired) electrons. The Balaban J connectivity index is 2.04. The van der Waals surface area contributed by atoms with Crippen molar-refractivity contribution >= 4 is 17.3 Å². The van der Waals surface area contributed by atoms with Crippen molar-refractivity contribution in [1.29, 1.82) is 0 Å². The molecule has 1 N–H and O–H groups in total. The molecule has 0 aliphatic carbocycles. The van der Waals surface area contributed by atoms with Crippen LogP contribution in [0.2, 0.25) is 5.15 Å². The van der Waals surface area contributed by atoms with E-state index in [2.05, 4.69) is 22.6 Å². The molecule has 0 unspecified atom stereocenters. The van der Waals surface area contributed by atoms with E-state index in [1.165, 1.54) is 5.56 Å². The van der Waals surface area contributed by atoms with E-state index >= 15 is 0 Å². The van der Waals surface area contributed by atoms with Crippen molar-refractivity contribution in [1.82, 2.24) is 9.55 Å². The summed E-state index contributed by atoms with van der Waals surface area (Å²) in [5.74, 6) is 0. The average Bonchev–Trinajstić information content (AvgIpc) is 2.63. The fraction of sp³-hybridized carbons (Fsp3) is 0.250. The number of rotatable bonds is 3. The molecule has 0 saturated heterocycles. The van der Waals surface area contributed by atoms with Gasteiger partial charge in [-0.15, -0.1) is 0 Å². The van der Waals surface area contributed by atoms with Crippen molar-refractivity contribution < 1.29 is 0 Å². The first-order valence-electron chi connectivity index (χ1n) is 5.13. The molecule has 0 spiro atoms. The quantitative estimate of drug-likeness (QED) is 0.829. The third-order valence-corrected chi connectivity index (χ3v) is 2.64. The summed E-state index contributed by atoms with van der Waals surface area (Å²) in [5.41, 5.74) is 3.19. The molecule has 2 rings (SSSR count). The van der Waals surface area contributed by atoms with Gasteiger partial charge < -0.3 is 9.88 Å². The van der Waals surface area contributed by atoms with Gasteiger partial charge in [0.1, 0.15) is 5.15 Å². The molecule has 0 fully saturated rings. The Bertz CT molecular complexity index is 491. The molecule has 2 aromatic heterocycles. The standard InChI is InChI=1S/C12H14ClN3/c1-9-11(3-4-12(13)15-9)14-7-10-5-6-16(2)8-10/h3-6,8,14H,7H2,1-2H3. The molecule has 0 aliphatic rings. The number of anilines is 1. The Morgan fingerprint density at radius 3 is 2.81 bits per heavy atom. The molecular weight excluding hydrogens is 222 g/mol. The maximum absolute atomic E-state index is 5.80. The SMILES string of the molecule is Cc1nc(Cl)ccc1NCc1ccn(C)c1. The summed E-state index contributed by atoms with van der Waals surface area (Å²) in [5, 5.41) is 3.87. The van der Waals surface area contributed by atoms with Gasteiger partial charge in [-0.1, -0.05) is 11.6 Å². The average molecular weight is 236 g/mol. The Kier molecular flexibility index (Phi) is 3.15. The largest absolute Gasteiger partial charge is 0.379 e. The van der Waals surface area contributed by atoms with Gasteiger partial charge in [-0.25, -0.2) is 4.98 Å². The highest BCUT2D eigenvalue weighted by Gasteiger charge is 2.00. The highest BCUT2D eigenvalue weighted by Crippen LogP contribution is 2.16.